The predicted molar refractivity (Wildman–Crippen MR) is 222 cm³/mol. The quantitative estimate of drug-likeness (QED) is 0.0992. The molecule has 0 radical (unpaired) electrons. The van der Waals surface area contributed by atoms with E-state index < -0.39 is 6.29 Å². The van der Waals surface area contributed by atoms with Gasteiger partial charge in [0.1, 0.15) is 17.2 Å². The second kappa shape index (κ2) is 18.2. The van der Waals surface area contributed by atoms with Crippen molar-refractivity contribution in [3.8, 4) is 34.1 Å². The molecule has 1 aromatic heterocycles. The number of carbonyl (C=O) groups is 1. The zero-order chi connectivity index (χ0) is 38.8. The number of amides is 2. The fraction of sp³-hybridized carbons (Fsp3) is 0.149. The third kappa shape index (κ3) is 9.80. The Labute approximate surface area is 335 Å². The molecule has 7 aromatic rings. The average molecular weight is 776 g/mol. The number of rotatable bonds is 13. The van der Waals surface area contributed by atoms with Gasteiger partial charge in [0.25, 0.3) is 5.22 Å². The molecule has 0 saturated carbocycles. The van der Waals surface area contributed by atoms with Crippen molar-refractivity contribution in [1.29, 1.82) is 0 Å². The molecule has 3 atom stereocenters. The fourth-order valence-electron chi connectivity index (χ4n) is 6.51. The van der Waals surface area contributed by atoms with E-state index >= 15 is 0 Å². The standard InChI is InChI=1S/C47H41N3O6S/c51-30-33-18-20-34(21-19-33)42-28-41(31-57-47-50-43(35-10-4-1-5-11-35)44(56-47)36-12-6-2-7-13-36)54-45(55-42)37-22-16-32(17-23-37)29-48-46(52)49-38-24-26-40(27-25-38)53-39-14-8-3-9-15-39/h1-27,41-42,45,51H,28-31H2,(H2,48,49,52)/t41-,42+,45+/m0/s1. The van der Waals surface area contributed by atoms with Gasteiger partial charge in [-0.15, -0.1) is 0 Å². The van der Waals surface area contributed by atoms with E-state index in [0.717, 1.165) is 50.6 Å². The number of aromatic nitrogens is 1. The normalized spacial score (nSPS) is 16.5. The molecule has 10 heteroatoms. The van der Waals surface area contributed by atoms with Gasteiger partial charge in [-0.05, 0) is 53.1 Å². The number of aliphatic hydroxyl groups is 1. The lowest BCUT2D eigenvalue weighted by Gasteiger charge is -2.36. The first kappa shape index (κ1) is 37.7. The van der Waals surface area contributed by atoms with Crippen LogP contribution in [0, 0.1) is 0 Å². The number of para-hydroxylation sites is 1. The number of hydrogen-bond acceptors (Lipinski definition) is 8. The summed E-state index contributed by atoms with van der Waals surface area (Å²) in [5.41, 5.74) is 7.03. The van der Waals surface area contributed by atoms with Gasteiger partial charge < -0.3 is 34.4 Å². The molecule has 286 valence electrons. The van der Waals surface area contributed by atoms with Crippen LogP contribution in [0.5, 0.6) is 11.5 Å². The van der Waals surface area contributed by atoms with E-state index in [4.69, 9.17) is 23.6 Å². The van der Waals surface area contributed by atoms with Crippen molar-refractivity contribution in [1.82, 2.24) is 10.3 Å². The van der Waals surface area contributed by atoms with Crippen molar-refractivity contribution in [2.24, 2.45) is 0 Å². The van der Waals surface area contributed by atoms with Crippen LogP contribution in [0.3, 0.4) is 0 Å². The summed E-state index contributed by atoms with van der Waals surface area (Å²) >= 11 is 1.52. The molecule has 2 heterocycles. The van der Waals surface area contributed by atoms with E-state index in [-0.39, 0.29) is 24.8 Å². The highest BCUT2D eigenvalue weighted by atomic mass is 32.2. The molecule has 1 saturated heterocycles. The van der Waals surface area contributed by atoms with Crippen LogP contribution in [0.25, 0.3) is 22.6 Å². The first-order chi connectivity index (χ1) is 28.1. The fourth-order valence-corrected chi connectivity index (χ4v) is 7.35. The summed E-state index contributed by atoms with van der Waals surface area (Å²) in [6, 6.07) is 52.2. The lowest BCUT2D eigenvalue weighted by atomic mass is 10.0. The van der Waals surface area contributed by atoms with E-state index in [9.17, 15) is 9.90 Å². The Morgan fingerprint density at radius 2 is 1.32 bits per heavy atom. The average Bonchev–Trinajstić information content (AvgIpc) is 3.71. The van der Waals surface area contributed by atoms with Crippen molar-refractivity contribution in [3.63, 3.8) is 0 Å². The molecule has 57 heavy (non-hydrogen) atoms. The maximum Gasteiger partial charge on any atom is 0.319 e. The Balaban J connectivity index is 0.921. The van der Waals surface area contributed by atoms with Crippen LogP contribution < -0.4 is 15.4 Å². The SMILES string of the molecule is O=C(NCc1ccc([C@@H]2O[C@H](CSc3nc(-c4ccccc4)c(-c4ccccc4)o3)C[C@H](c3ccc(CO)cc3)O2)cc1)Nc1ccc(Oc2ccccc2)cc1. The molecular formula is C47H41N3O6S. The molecule has 0 spiro atoms. The first-order valence-electron chi connectivity index (χ1n) is 18.8. The van der Waals surface area contributed by atoms with E-state index in [0.29, 0.717) is 35.4 Å². The molecule has 1 aliphatic heterocycles. The van der Waals surface area contributed by atoms with E-state index in [1.807, 2.05) is 152 Å². The van der Waals surface area contributed by atoms with Gasteiger partial charge in [-0.2, -0.15) is 0 Å². The van der Waals surface area contributed by atoms with Gasteiger partial charge in [0.05, 0.1) is 18.8 Å². The van der Waals surface area contributed by atoms with Gasteiger partial charge in [-0.25, -0.2) is 9.78 Å². The van der Waals surface area contributed by atoms with Crippen LogP contribution in [-0.2, 0) is 22.6 Å². The van der Waals surface area contributed by atoms with Crippen molar-refractivity contribution in [3.05, 3.63) is 186 Å². The number of anilines is 1. The minimum absolute atomic E-state index is 0.0243. The van der Waals surface area contributed by atoms with Crippen molar-refractivity contribution >= 4 is 23.5 Å². The number of hydrogen-bond donors (Lipinski definition) is 3. The molecular weight excluding hydrogens is 735 g/mol. The topological polar surface area (TPSA) is 115 Å². The van der Waals surface area contributed by atoms with Crippen molar-refractivity contribution in [2.75, 3.05) is 11.1 Å². The second-order valence-electron chi connectivity index (χ2n) is 13.5. The van der Waals surface area contributed by atoms with E-state index in [1.165, 1.54) is 11.8 Å². The summed E-state index contributed by atoms with van der Waals surface area (Å²) in [6.07, 6.45) is -0.432. The monoisotopic (exact) mass is 775 g/mol. The maximum atomic E-state index is 12.7. The third-order valence-corrected chi connectivity index (χ3v) is 10.5. The minimum Gasteiger partial charge on any atom is -0.457 e. The highest BCUT2D eigenvalue weighted by molar-refractivity contribution is 7.99. The summed E-state index contributed by atoms with van der Waals surface area (Å²) in [7, 11) is 0. The molecule has 9 nitrogen and oxygen atoms in total. The van der Waals surface area contributed by atoms with Crippen molar-refractivity contribution < 1.29 is 28.5 Å². The van der Waals surface area contributed by atoms with E-state index in [1.54, 1.807) is 12.1 Å². The lowest BCUT2D eigenvalue weighted by Crippen LogP contribution is -2.31. The summed E-state index contributed by atoms with van der Waals surface area (Å²) in [6.45, 7) is 0.308. The molecule has 1 aliphatic rings. The van der Waals surface area contributed by atoms with Crippen LogP contribution in [0.2, 0.25) is 0 Å². The van der Waals surface area contributed by atoms with Crippen LogP contribution in [0.1, 0.15) is 41.1 Å². The van der Waals surface area contributed by atoms with Crippen LogP contribution in [0.15, 0.2) is 173 Å². The van der Waals surface area contributed by atoms with Gasteiger partial charge in [-0.1, -0.05) is 139 Å². The number of urea groups is 1. The molecule has 2 amide bonds. The molecule has 0 unspecified atom stereocenters. The molecule has 6 aromatic carbocycles. The zero-order valence-electron chi connectivity index (χ0n) is 31.0. The highest BCUT2D eigenvalue weighted by Crippen LogP contribution is 2.41. The number of aliphatic hydroxyl groups excluding tert-OH is 1. The Bertz CT molecular complexity index is 2280. The van der Waals surface area contributed by atoms with Crippen LogP contribution in [-0.4, -0.2) is 28.0 Å². The van der Waals surface area contributed by atoms with Crippen LogP contribution >= 0.6 is 11.8 Å². The lowest BCUT2D eigenvalue weighted by molar-refractivity contribution is -0.245. The number of ether oxygens (including phenoxy) is 3. The number of carbonyl (C=O) groups excluding carboxylic acids is 1. The Kier molecular flexibility index (Phi) is 12.0. The predicted octanol–water partition coefficient (Wildman–Crippen LogP) is 11.0. The number of oxazole rings is 1. The first-order valence-corrected chi connectivity index (χ1v) is 19.8. The number of nitrogens with zero attached hydrogens (tertiary/aromatic N) is 1. The Morgan fingerprint density at radius 3 is 2.00 bits per heavy atom. The van der Waals surface area contributed by atoms with E-state index in [2.05, 4.69) is 10.6 Å². The number of nitrogens with one attached hydrogen (secondary N) is 2. The van der Waals surface area contributed by atoms with Gasteiger partial charge in [0.2, 0.25) is 0 Å². The van der Waals surface area contributed by atoms with Crippen LogP contribution in [0.4, 0.5) is 10.5 Å². The number of thioether (sulfide) groups is 1. The van der Waals surface area contributed by atoms with Gasteiger partial charge >= 0.3 is 6.03 Å². The maximum absolute atomic E-state index is 12.7. The summed E-state index contributed by atoms with van der Waals surface area (Å²) < 4.78 is 25.4. The Morgan fingerprint density at radius 1 is 0.702 bits per heavy atom. The summed E-state index contributed by atoms with van der Waals surface area (Å²) in [4.78, 5) is 17.7. The van der Waals surface area contributed by atoms with Crippen molar-refractivity contribution in [2.45, 2.75) is 43.3 Å². The Hall–Kier alpha value is -6.17. The largest absolute Gasteiger partial charge is 0.457 e. The van der Waals surface area contributed by atoms with Gasteiger partial charge in [0.15, 0.2) is 12.1 Å². The molecule has 0 aliphatic carbocycles. The minimum atomic E-state index is -0.629. The molecule has 1 fully saturated rings. The molecule has 3 N–H and O–H groups in total. The highest BCUT2D eigenvalue weighted by Gasteiger charge is 2.33. The smallest absolute Gasteiger partial charge is 0.319 e. The summed E-state index contributed by atoms with van der Waals surface area (Å²) in [5.74, 6) is 2.74. The van der Waals surface area contributed by atoms with Gasteiger partial charge in [0, 0.05) is 41.1 Å². The number of benzene rings is 6. The molecule has 0 bridgehead atoms. The third-order valence-electron chi connectivity index (χ3n) is 9.49. The zero-order valence-corrected chi connectivity index (χ0v) is 31.8. The summed E-state index contributed by atoms with van der Waals surface area (Å²) in [5, 5.41) is 16.0. The second-order valence-corrected chi connectivity index (χ2v) is 14.5. The molecule has 8 rings (SSSR count). The van der Waals surface area contributed by atoms with Gasteiger partial charge in [-0.3, -0.25) is 0 Å².